The Morgan fingerprint density at radius 1 is 0.468 bits per heavy atom. The molecule has 0 unspecified atom stereocenters. The maximum Gasteiger partial charge on any atom is 0.164 e. The van der Waals surface area contributed by atoms with Crippen molar-refractivity contribution in [2.24, 2.45) is 0 Å². The van der Waals surface area contributed by atoms with Crippen LogP contribution in [-0.4, -0.2) is 24.9 Å². The van der Waals surface area contributed by atoms with Crippen LogP contribution in [0.25, 0.3) is 87.6 Å². The van der Waals surface area contributed by atoms with Crippen LogP contribution in [0.4, 0.5) is 0 Å². The molecule has 5 nitrogen and oxygen atoms in total. The number of aromatic nitrogens is 5. The summed E-state index contributed by atoms with van der Waals surface area (Å²) in [4.78, 5) is 24.3. The predicted octanol–water partition coefficient (Wildman–Crippen LogP) is 10.5. The van der Waals surface area contributed by atoms with Crippen molar-refractivity contribution in [1.82, 2.24) is 24.9 Å². The lowest BCUT2D eigenvalue weighted by molar-refractivity contribution is 1.07. The topological polar surface area (TPSA) is 64.5 Å². The second kappa shape index (κ2) is 11.4. The third kappa shape index (κ3) is 4.92. The summed E-state index contributed by atoms with van der Waals surface area (Å²) >= 11 is 1.79. The number of benzene rings is 5. The van der Waals surface area contributed by atoms with E-state index in [1.54, 1.807) is 11.3 Å². The minimum atomic E-state index is 0.642. The zero-order valence-electron chi connectivity index (χ0n) is 25.1. The number of rotatable bonds is 5. The number of nitrogens with zero attached hydrogens (tertiary/aromatic N) is 5. The molecule has 0 saturated carbocycles. The molecule has 0 bridgehead atoms. The first kappa shape index (κ1) is 27.2. The Kier molecular flexibility index (Phi) is 6.58. The van der Waals surface area contributed by atoms with Crippen LogP contribution >= 0.6 is 11.3 Å². The largest absolute Gasteiger partial charge is 0.254 e. The molecule has 0 N–H and O–H groups in total. The van der Waals surface area contributed by atoms with Crippen molar-refractivity contribution in [3.05, 3.63) is 152 Å². The van der Waals surface area contributed by atoms with Gasteiger partial charge in [-0.05, 0) is 28.6 Å². The molecule has 0 amide bonds. The van der Waals surface area contributed by atoms with Crippen molar-refractivity contribution in [3.63, 3.8) is 0 Å². The van der Waals surface area contributed by atoms with Gasteiger partial charge in [-0.25, -0.2) is 15.0 Å². The molecule has 9 aromatic rings. The summed E-state index contributed by atoms with van der Waals surface area (Å²) in [6.07, 6.45) is 3.82. The summed E-state index contributed by atoms with van der Waals surface area (Å²) < 4.78 is 2.42. The standard InChI is InChI=1S/C41H25N5S/c1-3-10-27(11-4-1)39-44-40(28-12-5-2-6-13-28)46-41(45-39)29-20-18-26(19-21-29)32-16-9-17-33-36-35(47-38(32)33)22-23-42-37(36)34-24-30-14-7-8-15-31(30)25-43-34/h1-25H. The molecule has 5 aromatic carbocycles. The van der Waals surface area contributed by atoms with Crippen LogP contribution in [-0.2, 0) is 0 Å². The van der Waals surface area contributed by atoms with Gasteiger partial charge in [0.25, 0.3) is 0 Å². The van der Waals surface area contributed by atoms with Crippen LogP contribution in [0.5, 0.6) is 0 Å². The van der Waals surface area contributed by atoms with E-state index in [2.05, 4.69) is 72.8 Å². The molecule has 9 rings (SSSR count). The fourth-order valence-electron chi connectivity index (χ4n) is 6.11. The Hall–Kier alpha value is -6.11. The van der Waals surface area contributed by atoms with Crippen LogP contribution in [0.3, 0.4) is 0 Å². The zero-order chi connectivity index (χ0) is 31.2. The van der Waals surface area contributed by atoms with Gasteiger partial charge < -0.3 is 0 Å². The second-order valence-corrected chi connectivity index (χ2v) is 12.4. The number of thiophene rings is 1. The number of hydrogen-bond acceptors (Lipinski definition) is 6. The predicted molar refractivity (Wildman–Crippen MR) is 193 cm³/mol. The lowest BCUT2D eigenvalue weighted by Gasteiger charge is -2.09. The van der Waals surface area contributed by atoms with E-state index in [1.165, 1.54) is 20.3 Å². The minimum absolute atomic E-state index is 0.642. The molecule has 0 aliphatic carbocycles. The van der Waals surface area contributed by atoms with Gasteiger partial charge in [0.2, 0.25) is 0 Å². The Morgan fingerprint density at radius 3 is 1.74 bits per heavy atom. The molecule has 47 heavy (non-hydrogen) atoms. The summed E-state index contributed by atoms with van der Waals surface area (Å²) in [5.74, 6) is 1.95. The molecule has 4 aromatic heterocycles. The smallest absolute Gasteiger partial charge is 0.164 e. The number of hydrogen-bond donors (Lipinski definition) is 0. The Balaban J connectivity index is 1.14. The third-order valence-electron chi connectivity index (χ3n) is 8.44. The molecule has 0 aliphatic heterocycles. The van der Waals surface area contributed by atoms with E-state index in [0.717, 1.165) is 49.8 Å². The number of pyridine rings is 2. The molecule has 0 radical (unpaired) electrons. The van der Waals surface area contributed by atoms with Gasteiger partial charge in [0.15, 0.2) is 17.5 Å². The van der Waals surface area contributed by atoms with Gasteiger partial charge in [-0.2, -0.15) is 0 Å². The molecule has 6 heteroatoms. The normalized spacial score (nSPS) is 11.4. The van der Waals surface area contributed by atoms with E-state index in [4.69, 9.17) is 24.9 Å². The van der Waals surface area contributed by atoms with Gasteiger partial charge >= 0.3 is 0 Å². The highest BCUT2D eigenvalue weighted by molar-refractivity contribution is 7.26. The fraction of sp³-hybridized carbons (Fsp3) is 0. The highest BCUT2D eigenvalue weighted by Gasteiger charge is 2.17. The third-order valence-corrected chi connectivity index (χ3v) is 9.64. The van der Waals surface area contributed by atoms with E-state index in [9.17, 15) is 0 Å². The van der Waals surface area contributed by atoms with Crippen molar-refractivity contribution >= 4 is 42.3 Å². The van der Waals surface area contributed by atoms with Gasteiger partial charge in [0.1, 0.15) is 0 Å². The van der Waals surface area contributed by atoms with Crippen molar-refractivity contribution in [2.45, 2.75) is 0 Å². The lowest BCUT2D eigenvalue weighted by atomic mass is 10.00. The average molecular weight is 620 g/mol. The zero-order valence-corrected chi connectivity index (χ0v) is 25.9. The molecule has 0 spiro atoms. The van der Waals surface area contributed by atoms with Gasteiger partial charge in [-0.3, -0.25) is 9.97 Å². The summed E-state index contributed by atoms with van der Waals surface area (Å²) in [6.45, 7) is 0. The summed E-state index contributed by atoms with van der Waals surface area (Å²) in [5, 5.41) is 4.60. The fourth-order valence-corrected chi connectivity index (χ4v) is 7.35. The molecule has 4 heterocycles. The highest BCUT2D eigenvalue weighted by atomic mass is 32.1. The maximum absolute atomic E-state index is 4.90. The van der Waals surface area contributed by atoms with Gasteiger partial charge in [0.05, 0.1) is 11.4 Å². The van der Waals surface area contributed by atoms with Crippen LogP contribution in [0.2, 0.25) is 0 Å². The molecule has 0 saturated heterocycles. The highest BCUT2D eigenvalue weighted by Crippen LogP contribution is 2.43. The van der Waals surface area contributed by atoms with Crippen molar-refractivity contribution < 1.29 is 0 Å². The average Bonchev–Trinajstić information content (AvgIpc) is 3.55. The minimum Gasteiger partial charge on any atom is -0.254 e. The van der Waals surface area contributed by atoms with Crippen LogP contribution in [0.1, 0.15) is 0 Å². The Labute approximate surface area is 275 Å². The van der Waals surface area contributed by atoms with Crippen molar-refractivity contribution in [3.8, 4) is 56.7 Å². The van der Waals surface area contributed by atoms with Gasteiger partial charge in [-0.1, -0.05) is 127 Å². The molecule has 0 atom stereocenters. The van der Waals surface area contributed by atoms with E-state index >= 15 is 0 Å². The first-order chi connectivity index (χ1) is 23.3. The Morgan fingerprint density at radius 2 is 1.06 bits per heavy atom. The second-order valence-electron chi connectivity index (χ2n) is 11.3. The number of fused-ring (bicyclic) bond motifs is 4. The SMILES string of the molecule is c1ccc(-c2nc(-c3ccccc3)nc(-c3ccc(-c4cccc5c4sc4ccnc(-c6cc7ccccc7cn6)c45)cc3)n2)cc1. The first-order valence-corrected chi connectivity index (χ1v) is 16.2. The maximum atomic E-state index is 4.90. The molecule has 0 aliphatic rings. The summed E-state index contributed by atoms with van der Waals surface area (Å²) in [6, 6.07) is 47.7. The van der Waals surface area contributed by atoms with E-state index in [0.29, 0.717) is 17.5 Å². The Bertz CT molecular complexity index is 2500. The molecular weight excluding hydrogens is 595 g/mol. The van der Waals surface area contributed by atoms with Crippen LogP contribution in [0.15, 0.2) is 152 Å². The van der Waals surface area contributed by atoms with Crippen molar-refractivity contribution in [2.75, 3.05) is 0 Å². The van der Waals surface area contributed by atoms with Gasteiger partial charge in [0, 0.05) is 54.6 Å². The van der Waals surface area contributed by atoms with Crippen LogP contribution in [0, 0.1) is 0 Å². The molecule has 0 fully saturated rings. The van der Waals surface area contributed by atoms with Crippen molar-refractivity contribution in [1.29, 1.82) is 0 Å². The summed E-state index contributed by atoms with van der Waals surface area (Å²) in [7, 11) is 0. The molecular formula is C41H25N5S. The monoisotopic (exact) mass is 619 g/mol. The van der Waals surface area contributed by atoms with Crippen LogP contribution < -0.4 is 0 Å². The quantitative estimate of drug-likeness (QED) is 0.192. The van der Waals surface area contributed by atoms with E-state index in [1.807, 2.05) is 79.1 Å². The first-order valence-electron chi connectivity index (χ1n) is 15.4. The van der Waals surface area contributed by atoms with Gasteiger partial charge in [-0.15, -0.1) is 11.3 Å². The van der Waals surface area contributed by atoms with E-state index in [-0.39, 0.29) is 0 Å². The summed E-state index contributed by atoms with van der Waals surface area (Å²) in [5.41, 5.74) is 6.94. The molecule has 220 valence electrons. The van der Waals surface area contributed by atoms with E-state index < -0.39 is 0 Å². The lowest BCUT2D eigenvalue weighted by Crippen LogP contribution is -2.00.